The second-order valence-corrected chi connectivity index (χ2v) is 6.09. The van der Waals surface area contributed by atoms with Gasteiger partial charge in [0.2, 0.25) is 5.91 Å². The Hall–Kier alpha value is -1.38. The number of hydrogen-bond acceptors (Lipinski definition) is 6. The molecule has 8 heteroatoms. The van der Waals surface area contributed by atoms with E-state index in [1.807, 2.05) is 29.0 Å². The molecule has 2 aromatic heterocycles. The zero-order valence-corrected chi connectivity index (χ0v) is 12.8. The SMILES string of the molecule is Cc1nnc(SCC(=O)NCc2cccs2)n1CCN. The van der Waals surface area contributed by atoms with E-state index in [9.17, 15) is 4.79 Å². The van der Waals surface area contributed by atoms with Gasteiger partial charge in [-0.1, -0.05) is 17.8 Å². The van der Waals surface area contributed by atoms with E-state index >= 15 is 0 Å². The van der Waals surface area contributed by atoms with Gasteiger partial charge in [0.25, 0.3) is 0 Å². The molecule has 2 rings (SSSR count). The van der Waals surface area contributed by atoms with Crippen LogP contribution in [0.2, 0.25) is 0 Å². The summed E-state index contributed by atoms with van der Waals surface area (Å²) in [7, 11) is 0. The Morgan fingerprint density at radius 3 is 3.10 bits per heavy atom. The minimum atomic E-state index is -0.0108. The first-order valence-electron chi connectivity index (χ1n) is 6.22. The first-order valence-corrected chi connectivity index (χ1v) is 8.09. The third kappa shape index (κ3) is 4.06. The van der Waals surface area contributed by atoms with Crippen LogP contribution < -0.4 is 11.1 Å². The average Bonchev–Trinajstić information content (AvgIpc) is 3.06. The van der Waals surface area contributed by atoms with Gasteiger partial charge >= 0.3 is 0 Å². The van der Waals surface area contributed by atoms with Crippen LogP contribution in [-0.2, 0) is 17.9 Å². The number of nitrogens with two attached hydrogens (primary N) is 1. The summed E-state index contributed by atoms with van der Waals surface area (Å²) in [6.45, 7) is 3.64. The highest BCUT2D eigenvalue weighted by Gasteiger charge is 2.11. The van der Waals surface area contributed by atoms with E-state index in [2.05, 4.69) is 15.5 Å². The molecule has 0 aliphatic heterocycles. The van der Waals surface area contributed by atoms with Gasteiger partial charge in [-0.15, -0.1) is 21.5 Å². The molecule has 0 unspecified atom stereocenters. The van der Waals surface area contributed by atoms with Gasteiger partial charge in [-0.05, 0) is 18.4 Å². The highest BCUT2D eigenvalue weighted by Crippen LogP contribution is 2.16. The average molecular weight is 311 g/mol. The second kappa shape index (κ2) is 7.41. The number of carbonyl (C=O) groups excluding carboxylic acids is 1. The molecule has 0 fully saturated rings. The summed E-state index contributed by atoms with van der Waals surface area (Å²) in [5.74, 6) is 1.13. The van der Waals surface area contributed by atoms with E-state index < -0.39 is 0 Å². The number of thiophene rings is 1. The maximum Gasteiger partial charge on any atom is 0.230 e. The van der Waals surface area contributed by atoms with Crippen LogP contribution in [0, 0.1) is 6.92 Å². The second-order valence-electron chi connectivity index (χ2n) is 4.11. The summed E-state index contributed by atoms with van der Waals surface area (Å²) in [5, 5.41) is 13.7. The Bertz CT molecular complexity index is 552. The zero-order valence-electron chi connectivity index (χ0n) is 11.2. The first-order chi connectivity index (χ1) is 9.70. The van der Waals surface area contributed by atoms with Crippen LogP contribution in [0.5, 0.6) is 0 Å². The van der Waals surface area contributed by atoms with E-state index in [0.717, 1.165) is 15.9 Å². The van der Waals surface area contributed by atoms with E-state index in [1.54, 1.807) is 11.3 Å². The Morgan fingerprint density at radius 1 is 1.55 bits per heavy atom. The van der Waals surface area contributed by atoms with Crippen LogP contribution in [0.3, 0.4) is 0 Å². The number of aryl methyl sites for hydroxylation is 1. The quantitative estimate of drug-likeness (QED) is 0.746. The normalized spacial score (nSPS) is 10.7. The number of rotatable bonds is 7. The highest BCUT2D eigenvalue weighted by atomic mass is 32.2. The fraction of sp³-hybridized carbons (Fsp3) is 0.417. The number of carbonyl (C=O) groups is 1. The van der Waals surface area contributed by atoms with Gasteiger partial charge in [0.1, 0.15) is 5.82 Å². The highest BCUT2D eigenvalue weighted by molar-refractivity contribution is 7.99. The van der Waals surface area contributed by atoms with Crippen molar-refractivity contribution in [3.05, 3.63) is 28.2 Å². The van der Waals surface area contributed by atoms with Gasteiger partial charge < -0.3 is 15.6 Å². The van der Waals surface area contributed by atoms with Crippen LogP contribution >= 0.6 is 23.1 Å². The number of thioether (sulfide) groups is 1. The fourth-order valence-corrected chi connectivity index (χ4v) is 3.12. The Morgan fingerprint density at radius 2 is 2.40 bits per heavy atom. The van der Waals surface area contributed by atoms with Crippen LogP contribution in [0.15, 0.2) is 22.7 Å². The van der Waals surface area contributed by atoms with Crippen molar-refractivity contribution in [2.75, 3.05) is 12.3 Å². The van der Waals surface area contributed by atoms with Crippen molar-refractivity contribution in [3.8, 4) is 0 Å². The summed E-state index contributed by atoms with van der Waals surface area (Å²) in [5.41, 5.74) is 5.55. The molecule has 20 heavy (non-hydrogen) atoms. The molecule has 0 radical (unpaired) electrons. The molecular formula is C12H17N5OS2. The van der Waals surface area contributed by atoms with E-state index in [-0.39, 0.29) is 5.91 Å². The molecule has 0 atom stereocenters. The van der Waals surface area contributed by atoms with Crippen LogP contribution in [-0.4, -0.2) is 33.0 Å². The standard InChI is InChI=1S/C12H17N5OS2/c1-9-15-16-12(17(9)5-4-13)20-8-11(18)14-7-10-3-2-6-19-10/h2-3,6H,4-5,7-8,13H2,1H3,(H,14,18). The smallest absolute Gasteiger partial charge is 0.230 e. The molecule has 0 bridgehead atoms. The van der Waals surface area contributed by atoms with Gasteiger partial charge in [0.15, 0.2) is 5.16 Å². The molecule has 1 amide bonds. The summed E-state index contributed by atoms with van der Waals surface area (Å²) < 4.78 is 1.93. The summed E-state index contributed by atoms with van der Waals surface area (Å²) in [6.07, 6.45) is 0. The van der Waals surface area contributed by atoms with Crippen LogP contribution in [0.25, 0.3) is 0 Å². The summed E-state index contributed by atoms with van der Waals surface area (Å²) in [6, 6.07) is 3.97. The monoisotopic (exact) mass is 311 g/mol. The van der Waals surface area contributed by atoms with Crippen molar-refractivity contribution in [3.63, 3.8) is 0 Å². The molecular weight excluding hydrogens is 294 g/mol. The molecule has 0 aliphatic rings. The van der Waals surface area contributed by atoms with Gasteiger partial charge in [0.05, 0.1) is 12.3 Å². The number of amides is 1. The maximum atomic E-state index is 11.8. The van der Waals surface area contributed by atoms with Crippen molar-refractivity contribution in [2.24, 2.45) is 5.73 Å². The van der Waals surface area contributed by atoms with E-state index in [1.165, 1.54) is 11.8 Å². The van der Waals surface area contributed by atoms with E-state index in [0.29, 0.717) is 25.4 Å². The van der Waals surface area contributed by atoms with Gasteiger partial charge in [-0.2, -0.15) is 0 Å². The fourth-order valence-electron chi connectivity index (χ4n) is 1.63. The molecule has 0 spiro atoms. The number of nitrogens with zero attached hydrogens (tertiary/aromatic N) is 3. The molecule has 2 aromatic rings. The number of aromatic nitrogens is 3. The molecule has 108 valence electrons. The molecule has 0 saturated carbocycles. The van der Waals surface area contributed by atoms with Gasteiger partial charge in [-0.25, -0.2) is 0 Å². The van der Waals surface area contributed by atoms with Crippen molar-refractivity contribution >= 4 is 29.0 Å². The van der Waals surface area contributed by atoms with Crippen molar-refractivity contribution in [2.45, 2.75) is 25.2 Å². The van der Waals surface area contributed by atoms with Crippen molar-refractivity contribution < 1.29 is 4.79 Å². The van der Waals surface area contributed by atoms with Gasteiger partial charge in [-0.3, -0.25) is 4.79 Å². The lowest BCUT2D eigenvalue weighted by molar-refractivity contribution is -0.118. The predicted molar refractivity (Wildman–Crippen MR) is 80.7 cm³/mol. The van der Waals surface area contributed by atoms with Crippen LogP contribution in [0.4, 0.5) is 0 Å². The molecule has 0 saturated heterocycles. The van der Waals surface area contributed by atoms with Gasteiger partial charge in [0, 0.05) is 18.0 Å². The van der Waals surface area contributed by atoms with Crippen molar-refractivity contribution in [1.29, 1.82) is 0 Å². The Labute approximate surface area is 125 Å². The van der Waals surface area contributed by atoms with Crippen LogP contribution in [0.1, 0.15) is 10.7 Å². The first kappa shape index (κ1) is 15.0. The lowest BCUT2D eigenvalue weighted by atomic mass is 10.4. The summed E-state index contributed by atoms with van der Waals surface area (Å²) in [4.78, 5) is 12.9. The molecule has 3 N–H and O–H groups in total. The molecule has 2 heterocycles. The minimum Gasteiger partial charge on any atom is -0.350 e. The predicted octanol–water partition coefficient (Wildman–Crippen LogP) is 1.02. The minimum absolute atomic E-state index is 0.0108. The Kier molecular flexibility index (Phi) is 5.57. The maximum absolute atomic E-state index is 11.8. The lowest BCUT2D eigenvalue weighted by Crippen LogP contribution is -2.24. The zero-order chi connectivity index (χ0) is 14.4. The molecule has 0 aliphatic carbocycles. The number of nitrogens with one attached hydrogen (secondary N) is 1. The van der Waals surface area contributed by atoms with E-state index in [4.69, 9.17) is 5.73 Å². The summed E-state index contributed by atoms with van der Waals surface area (Å²) >= 11 is 3.01. The lowest BCUT2D eigenvalue weighted by Gasteiger charge is -2.06. The third-order valence-corrected chi connectivity index (χ3v) is 4.47. The molecule has 6 nitrogen and oxygen atoms in total. The molecule has 0 aromatic carbocycles. The largest absolute Gasteiger partial charge is 0.350 e. The topological polar surface area (TPSA) is 85.8 Å². The Balaban J connectivity index is 1.81. The number of hydrogen-bond donors (Lipinski definition) is 2. The van der Waals surface area contributed by atoms with Crippen molar-refractivity contribution in [1.82, 2.24) is 20.1 Å². The third-order valence-electron chi connectivity index (χ3n) is 2.63.